The fraction of sp³-hybridized carbons (Fsp3) is 0.750. The van der Waals surface area contributed by atoms with E-state index in [4.69, 9.17) is 10.2 Å². The molecule has 1 saturated carbocycles. The minimum atomic E-state index is -1.54. The molecule has 7 heteroatoms. The van der Waals surface area contributed by atoms with E-state index in [0.717, 1.165) is 11.8 Å². The van der Waals surface area contributed by atoms with Crippen LogP contribution in [0.3, 0.4) is 0 Å². The summed E-state index contributed by atoms with van der Waals surface area (Å²) in [6, 6.07) is 0. The van der Waals surface area contributed by atoms with Gasteiger partial charge in [-0.3, -0.25) is 13.8 Å². The number of hydrogen-bond acceptors (Lipinski definition) is 4. The SMILES string of the molecule is CS(=O)C1(C(=O)O)CSC2(C(=O)O)CC21. The zero-order valence-corrected chi connectivity index (χ0v) is 9.56. The molecule has 1 heterocycles. The molecule has 0 aromatic heterocycles. The van der Waals surface area contributed by atoms with Gasteiger partial charge in [0.1, 0.15) is 4.75 Å². The lowest BCUT2D eigenvalue weighted by molar-refractivity contribution is -0.140. The number of carbonyl (C=O) groups is 2. The van der Waals surface area contributed by atoms with Crippen molar-refractivity contribution < 1.29 is 24.0 Å². The van der Waals surface area contributed by atoms with E-state index in [1.54, 1.807) is 0 Å². The summed E-state index contributed by atoms with van der Waals surface area (Å²) in [6.07, 6.45) is 1.66. The highest BCUT2D eigenvalue weighted by Gasteiger charge is 2.77. The van der Waals surface area contributed by atoms with E-state index in [-0.39, 0.29) is 5.75 Å². The zero-order valence-electron chi connectivity index (χ0n) is 7.93. The highest BCUT2D eigenvalue weighted by atomic mass is 32.2. The second-order valence-corrected chi connectivity index (χ2v) is 6.83. The van der Waals surface area contributed by atoms with Crippen LogP contribution in [0.25, 0.3) is 0 Å². The molecule has 1 aliphatic heterocycles. The topological polar surface area (TPSA) is 91.7 Å². The van der Waals surface area contributed by atoms with E-state index < -0.39 is 38.2 Å². The van der Waals surface area contributed by atoms with Crippen LogP contribution in [0.2, 0.25) is 0 Å². The van der Waals surface area contributed by atoms with Gasteiger partial charge in [-0.25, -0.2) is 0 Å². The Hall–Kier alpha value is -0.560. The summed E-state index contributed by atoms with van der Waals surface area (Å²) in [7, 11) is -1.54. The lowest BCUT2D eigenvalue weighted by Crippen LogP contribution is -2.46. The summed E-state index contributed by atoms with van der Waals surface area (Å²) in [4.78, 5) is 22.2. The summed E-state index contributed by atoms with van der Waals surface area (Å²) in [5.74, 6) is -2.48. The van der Waals surface area contributed by atoms with Gasteiger partial charge in [-0.15, -0.1) is 11.8 Å². The molecule has 2 fully saturated rings. The first-order chi connectivity index (χ1) is 6.88. The van der Waals surface area contributed by atoms with E-state index in [1.807, 2.05) is 0 Å². The number of rotatable bonds is 3. The van der Waals surface area contributed by atoms with E-state index >= 15 is 0 Å². The molecule has 0 aromatic carbocycles. The van der Waals surface area contributed by atoms with Gasteiger partial charge in [0, 0.05) is 28.7 Å². The number of carboxylic acid groups (broad SMARTS) is 2. The van der Waals surface area contributed by atoms with E-state index in [0.29, 0.717) is 6.42 Å². The van der Waals surface area contributed by atoms with Gasteiger partial charge in [0.2, 0.25) is 0 Å². The van der Waals surface area contributed by atoms with Crippen molar-refractivity contribution in [2.24, 2.45) is 5.92 Å². The van der Waals surface area contributed by atoms with Gasteiger partial charge in [-0.1, -0.05) is 0 Å². The third-order valence-corrected chi connectivity index (χ3v) is 6.81. The monoisotopic (exact) mass is 250 g/mol. The Balaban J connectivity index is 2.38. The summed E-state index contributed by atoms with van der Waals surface area (Å²) >= 11 is 1.12. The first kappa shape index (κ1) is 10.9. The van der Waals surface area contributed by atoms with Crippen LogP contribution < -0.4 is 0 Å². The Morgan fingerprint density at radius 2 is 2.00 bits per heavy atom. The van der Waals surface area contributed by atoms with Gasteiger partial charge in [0.15, 0.2) is 4.75 Å². The molecule has 2 rings (SSSR count). The van der Waals surface area contributed by atoms with Gasteiger partial charge >= 0.3 is 11.9 Å². The lowest BCUT2D eigenvalue weighted by Gasteiger charge is -2.21. The van der Waals surface area contributed by atoms with Crippen LogP contribution in [-0.4, -0.2) is 47.9 Å². The summed E-state index contributed by atoms with van der Waals surface area (Å²) in [6.45, 7) is 0. The Bertz CT molecular complexity index is 365. The Labute approximate surface area is 92.7 Å². The predicted octanol–water partition coefficient (Wildman–Crippen LogP) is -0.222. The molecule has 0 radical (unpaired) electrons. The number of aliphatic carboxylic acids is 2. The Morgan fingerprint density at radius 3 is 2.20 bits per heavy atom. The molecule has 15 heavy (non-hydrogen) atoms. The van der Waals surface area contributed by atoms with Gasteiger partial charge in [0.05, 0.1) is 0 Å². The van der Waals surface area contributed by atoms with E-state index in [1.165, 1.54) is 6.26 Å². The van der Waals surface area contributed by atoms with Gasteiger partial charge in [-0.05, 0) is 6.42 Å². The molecule has 2 N–H and O–H groups in total. The molecule has 0 aromatic rings. The zero-order chi connectivity index (χ0) is 11.4. The van der Waals surface area contributed by atoms with E-state index in [9.17, 15) is 13.8 Å². The van der Waals surface area contributed by atoms with Crippen LogP contribution in [0.1, 0.15) is 6.42 Å². The first-order valence-corrected chi connectivity index (χ1v) is 6.86. The predicted molar refractivity (Wildman–Crippen MR) is 55.4 cm³/mol. The lowest BCUT2D eigenvalue weighted by atomic mass is 10.0. The second-order valence-electron chi connectivity index (χ2n) is 3.89. The maximum atomic E-state index is 11.5. The fourth-order valence-corrected chi connectivity index (χ4v) is 5.65. The van der Waals surface area contributed by atoms with Crippen molar-refractivity contribution in [1.82, 2.24) is 0 Å². The average molecular weight is 250 g/mol. The highest BCUT2D eigenvalue weighted by Crippen LogP contribution is 2.67. The number of fused-ring (bicyclic) bond motifs is 1. The molecular weight excluding hydrogens is 240 g/mol. The van der Waals surface area contributed by atoms with Crippen LogP contribution in [0.4, 0.5) is 0 Å². The molecule has 5 nitrogen and oxygen atoms in total. The smallest absolute Gasteiger partial charge is 0.323 e. The minimum absolute atomic E-state index is 0.127. The fourth-order valence-electron chi connectivity index (χ4n) is 2.20. The van der Waals surface area contributed by atoms with Crippen LogP contribution >= 0.6 is 11.8 Å². The number of carboxylic acids is 2. The molecule has 84 valence electrons. The molecule has 4 unspecified atom stereocenters. The van der Waals surface area contributed by atoms with Crippen LogP contribution in [0.5, 0.6) is 0 Å². The van der Waals surface area contributed by atoms with Crippen molar-refractivity contribution >= 4 is 34.5 Å². The van der Waals surface area contributed by atoms with Gasteiger partial charge in [-0.2, -0.15) is 0 Å². The second kappa shape index (κ2) is 2.98. The Kier molecular flexibility index (Phi) is 2.17. The van der Waals surface area contributed by atoms with Gasteiger partial charge < -0.3 is 10.2 Å². The van der Waals surface area contributed by atoms with Crippen molar-refractivity contribution in [3.8, 4) is 0 Å². The summed E-state index contributed by atoms with van der Waals surface area (Å²) in [5, 5.41) is 18.1. The molecule has 2 aliphatic rings. The molecule has 0 amide bonds. The van der Waals surface area contributed by atoms with Crippen LogP contribution in [-0.2, 0) is 20.4 Å². The number of thioether (sulfide) groups is 1. The minimum Gasteiger partial charge on any atom is -0.480 e. The molecule has 1 saturated heterocycles. The highest BCUT2D eigenvalue weighted by molar-refractivity contribution is 8.03. The van der Waals surface area contributed by atoms with E-state index in [2.05, 4.69) is 0 Å². The maximum Gasteiger partial charge on any atom is 0.323 e. The largest absolute Gasteiger partial charge is 0.480 e. The van der Waals surface area contributed by atoms with Crippen molar-refractivity contribution in [2.45, 2.75) is 15.9 Å². The van der Waals surface area contributed by atoms with Crippen molar-refractivity contribution in [1.29, 1.82) is 0 Å². The third kappa shape index (κ3) is 1.13. The van der Waals surface area contributed by atoms with Crippen molar-refractivity contribution in [3.63, 3.8) is 0 Å². The summed E-state index contributed by atoms with van der Waals surface area (Å²) in [5.41, 5.74) is 0. The molecular formula is C8H10O5S2. The standard InChI is InChI=1S/C8H10O5S2/c1-15(13)8(6(11)12)3-14-7(5(9)10)2-4(7)8/h4H,2-3H2,1H3,(H,9,10)(H,11,12). The van der Waals surface area contributed by atoms with Gasteiger partial charge in [0.25, 0.3) is 0 Å². The molecule has 1 aliphatic carbocycles. The first-order valence-electron chi connectivity index (χ1n) is 4.32. The van der Waals surface area contributed by atoms with Crippen molar-refractivity contribution in [3.05, 3.63) is 0 Å². The van der Waals surface area contributed by atoms with Crippen LogP contribution in [0, 0.1) is 5.92 Å². The Morgan fingerprint density at radius 1 is 1.40 bits per heavy atom. The normalized spacial score (nSPS) is 44.5. The van der Waals surface area contributed by atoms with Crippen molar-refractivity contribution in [2.75, 3.05) is 12.0 Å². The molecule has 0 spiro atoms. The average Bonchev–Trinajstić information content (AvgIpc) is 2.75. The summed E-state index contributed by atoms with van der Waals surface area (Å²) < 4.78 is 9.20. The maximum absolute atomic E-state index is 11.5. The molecule has 0 bridgehead atoms. The van der Waals surface area contributed by atoms with Crippen LogP contribution in [0.15, 0.2) is 0 Å². The number of hydrogen-bond donors (Lipinski definition) is 2. The quantitative estimate of drug-likeness (QED) is 0.719. The molecule has 4 atom stereocenters. The third-order valence-electron chi connectivity index (χ3n) is 3.25.